The smallest absolute Gasteiger partial charge is 0.271 e. The van der Waals surface area contributed by atoms with E-state index in [1.54, 1.807) is 6.92 Å². The van der Waals surface area contributed by atoms with E-state index in [1.165, 1.54) is 0 Å². The second-order valence-corrected chi connectivity index (χ2v) is 3.95. The van der Waals surface area contributed by atoms with Gasteiger partial charge >= 0.3 is 7.44 Å². The summed E-state index contributed by atoms with van der Waals surface area (Å²) in [5.74, 6) is 0. The van der Waals surface area contributed by atoms with E-state index >= 15 is 0 Å². The minimum Gasteiger partial charge on any atom is -0.271 e. The van der Waals surface area contributed by atoms with Crippen molar-refractivity contribution in [1.29, 1.82) is 0 Å². The average Bonchev–Trinajstić information content (AvgIpc) is 1.88. The van der Waals surface area contributed by atoms with Crippen LogP contribution in [0.15, 0.2) is 9.53 Å². The first-order valence-electron chi connectivity index (χ1n) is 2.96. The van der Waals surface area contributed by atoms with Gasteiger partial charge in [-0.1, -0.05) is 6.92 Å². The molecule has 0 bridgehead atoms. The molecule has 0 saturated carbocycles. The Morgan fingerprint density at radius 2 is 1.73 bits per heavy atom. The highest BCUT2D eigenvalue weighted by Gasteiger charge is 2.17. The minimum atomic E-state index is -3.32. The summed E-state index contributed by atoms with van der Waals surface area (Å²) in [6.45, 7) is 1.74. The van der Waals surface area contributed by atoms with Crippen LogP contribution in [0.2, 0.25) is 0 Å². The van der Waals surface area contributed by atoms with E-state index in [1.807, 2.05) is 0 Å². The second kappa shape index (κ2) is 4.75. The SMILES string of the molecule is CCCP(=O)(N=C=O)N=C=O. The molecular weight excluding hydrogens is 167 g/mol. The molecule has 0 rings (SSSR count). The largest absolute Gasteiger partial charge is 0.319 e. The summed E-state index contributed by atoms with van der Waals surface area (Å²) in [7, 11) is -3.32. The summed E-state index contributed by atoms with van der Waals surface area (Å²) in [5.41, 5.74) is 0. The number of isocyanates is 2. The molecule has 0 aromatic heterocycles. The Labute approximate surface area is 63.7 Å². The van der Waals surface area contributed by atoms with E-state index in [-0.39, 0.29) is 6.16 Å². The predicted octanol–water partition coefficient (Wildman–Crippen LogP) is 1.26. The maximum Gasteiger partial charge on any atom is 0.319 e. The molecule has 0 atom stereocenters. The fraction of sp³-hybridized carbons (Fsp3) is 0.600. The molecule has 0 N–H and O–H groups in total. The number of carbonyl (C=O) groups excluding carboxylic acids is 2. The van der Waals surface area contributed by atoms with Gasteiger partial charge < -0.3 is 0 Å². The fourth-order valence-electron chi connectivity index (χ4n) is 0.541. The third-order valence-corrected chi connectivity index (χ3v) is 2.73. The van der Waals surface area contributed by atoms with Crippen LogP contribution < -0.4 is 0 Å². The summed E-state index contributed by atoms with van der Waals surface area (Å²) in [6.07, 6.45) is 2.88. The molecule has 0 aliphatic carbocycles. The Morgan fingerprint density at radius 1 is 1.27 bits per heavy atom. The lowest BCUT2D eigenvalue weighted by atomic mass is 10.6. The molecule has 11 heavy (non-hydrogen) atoms. The summed E-state index contributed by atoms with van der Waals surface area (Å²) in [6, 6.07) is 0. The van der Waals surface area contributed by atoms with Gasteiger partial charge in [0.25, 0.3) is 0 Å². The predicted molar refractivity (Wildman–Crippen MR) is 39.0 cm³/mol. The number of hydrogen-bond acceptors (Lipinski definition) is 3. The molecule has 0 aromatic carbocycles. The monoisotopic (exact) mass is 174 g/mol. The highest BCUT2D eigenvalue weighted by Crippen LogP contribution is 2.48. The highest BCUT2D eigenvalue weighted by molar-refractivity contribution is 7.61. The molecule has 0 aliphatic heterocycles. The van der Waals surface area contributed by atoms with E-state index in [0.29, 0.717) is 6.42 Å². The van der Waals surface area contributed by atoms with Crippen LogP contribution in [-0.2, 0) is 14.2 Å². The van der Waals surface area contributed by atoms with Crippen molar-refractivity contribution >= 4 is 19.6 Å². The van der Waals surface area contributed by atoms with Crippen LogP contribution in [0, 0.1) is 0 Å². The van der Waals surface area contributed by atoms with Gasteiger partial charge in [0.05, 0.1) is 0 Å². The van der Waals surface area contributed by atoms with Crippen molar-refractivity contribution in [3.63, 3.8) is 0 Å². The zero-order valence-electron chi connectivity index (χ0n) is 5.98. The standard InChI is InChI=1S/C5H7N2O3P/c1-2-3-11(10,6-4-8)7-5-9/h2-3H2,1H3. The molecule has 0 aliphatic rings. The molecule has 0 amide bonds. The van der Waals surface area contributed by atoms with Crippen molar-refractivity contribution in [3.8, 4) is 0 Å². The van der Waals surface area contributed by atoms with Crippen molar-refractivity contribution in [3.05, 3.63) is 0 Å². The van der Waals surface area contributed by atoms with Gasteiger partial charge in [0.1, 0.15) is 0 Å². The maximum atomic E-state index is 11.2. The summed E-state index contributed by atoms with van der Waals surface area (Å²) in [5, 5.41) is 0. The van der Waals surface area contributed by atoms with Crippen LogP contribution >= 0.6 is 7.44 Å². The minimum absolute atomic E-state index is 0.109. The van der Waals surface area contributed by atoms with Crippen LogP contribution in [0.1, 0.15) is 13.3 Å². The molecule has 0 unspecified atom stereocenters. The van der Waals surface area contributed by atoms with E-state index in [2.05, 4.69) is 9.53 Å². The summed E-state index contributed by atoms with van der Waals surface area (Å²) in [4.78, 5) is 19.4. The van der Waals surface area contributed by atoms with E-state index in [4.69, 9.17) is 0 Å². The third-order valence-electron chi connectivity index (χ3n) is 0.909. The van der Waals surface area contributed by atoms with Gasteiger partial charge in [0.2, 0.25) is 12.2 Å². The Bertz CT molecular complexity index is 241. The molecule has 0 saturated heterocycles. The van der Waals surface area contributed by atoms with E-state index in [9.17, 15) is 14.2 Å². The molecule has 6 heteroatoms. The van der Waals surface area contributed by atoms with E-state index < -0.39 is 7.44 Å². The molecule has 60 valence electrons. The zero-order valence-corrected chi connectivity index (χ0v) is 6.88. The van der Waals surface area contributed by atoms with Gasteiger partial charge in [-0.25, -0.2) is 9.59 Å². The Hall–Kier alpha value is -1.01. The molecule has 0 heterocycles. The van der Waals surface area contributed by atoms with Crippen molar-refractivity contribution in [2.24, 2.45) is 9.53 Å². The number of hydrogen-bond donors (Lipinski definition) is 0. The van der Waals surface area contributed by atoms with E-state index in [0.717, 1.165) is 12.2 Å². The normalized spacial score (nSPS) is 13.9. The topological polar surface area (TPSA) is 75.9 Å². The van der Waals surface area contributed by atoms with Gasteiger partial charge in [0.15, 0.2) is 0 Å². The molecule has 0 spiro atoms. The zero-order chi connectivity index (χ0) is 8.74. The lowest BCUT2D eigenvalue weighted by Gasteiger charge is -1.98. The Kier molecular flexibility index (Phi) is 4.32. The first-order chi connectivity index (χ1) is 5.18. The fourth-order valence-corrected chi connectivity index (χ4v) is 1.62. The lowest BCUT2D eigenvalue weighted by Crippen LogP contribution is -1.80. The number of rotatable bonds is 4. The molecule has 5 nitrogen and oxygen atoms in total. The summed E-state index contributed by atoms with van der Waals surface area (Å²) < 4.78 is 17.1. The number of nitrogens with zero attached hydrogens (tertiary/aromatic N) is 2. The first-order valence-corrected chi connectivity index (χ1v) is 4.76. The van der Waals surface area contributed by atoms with Gasteiger partial charge in [0, 0.05) is 6.16 Å². The molecular formula is C5H7N2O3P. The quantitative estimate of drug-likeness (QED) is 0.365. The molecule has 0 radical (unpaired) electrons. The van der Waals surface area contributed by atoms with Crippen molar-refractivity contribution in [2.75, 3.05) is 6.16 Å². The second-order valence-electron chi connectivity index (χ2n) is 1.77. The van der Waals surface area contributed by atoms with Crippen LogP contribution in [0.3, 0.4) is 0 Å². The van der Waals surface area contributed by atoms with Crippen molar-refractivity contribution in [1.82, 2.24) is 0 Å². The van der Waals surface area contributed by atoms with Crippen molar-refractivity contribution in [2.45, 2.75) is 13.3 Å². The van der Waals surface area contributed by atoms with Crippen LogP contribution in [-0.4, -0.2) is 18.3 Å². The highest BCUT2D eigenvalue weighted by atomic mass is 31.2. The average molecular weight is 174 g/mol. The first kappa shape index (κ1) is 9.99. The van der Waals surface area contributed by atoms with Gasteiger partial charge in [-0.15, -0.1) is 9.53 Å². The summed E-state index contributed by atoms with van der Waals surface area (Å²) >= 11 is 0. The van der Waals surface area contributed by atoms with Crippen LogP contribution in [0.25, 0.3) is 0 Å². The van der Waals surface area contributed by atoms with Gasteiger partial charge in [-0.3, -0.25) is 4.57 Å². The maximum absolute atomic E-state index is 11.2. The van der Waals surface area contributed by atoms with Gasteiger partial charge in [-0.2, -0.15) is 0 Å². The Morgan fingerprint density at radius 3 is 2.00 bits per heavy atom. The third kappa shape index (κ3) is 3.64. The molecule has 0 aromatic rings. The Balaban J connectivity index is 4.65. The van der Waals surface area contributed by atoms with Crippen LogP contribution in [0.5, 0.6) is 0 Å². The van der Waals surface area contributed by atoms with Crippen LogP contribution in [0.4, 0.5) is 0 Å². The van der Waals surface area contributed by atoms with Gasteiger partial charge in [-0.05, 0) is 6.42 Å². The lowest BCUT2D eigenvalue weighted by molar-refractivity contribution is 0.558. The van der Waals surface area contributed by atoms with Crippen molar-refractivity contribution < 1.29 is 14.2 Å². The molecule has 0 fully saturated rings.